The normalized spacial score (nSPS) is 8.12. The molecule has 92 valence electrons. The smallest absolute Gasteiger partial charge is 0.0257 e. The second-order valence-corrected chi connectivity index (χ2v) is 3.32. The lowest BCUT2D eigenvalue weighted by Gasteiger charge is -1.86. The van der Waals surface area contributed by atoms with E-state index < -0.39 is 0 Å². The first-order chi connectivity index (χ1) is 7.83. The second kappa shape index (κ2) is 19.2. The predicted octanol–water partition coefficient (Wildman–Crippen LogP) is 4.97. The lowest BCUT2D eigenvalue weighted by Crippen LogP contribution is -1.76. The number of unbranched alkanes of at least 4 members (excludes halogenated alkanes) is 4. The van der Waals surface area contributed by atoms with Crippen molar-refractivity contribution in [2.75, 3.05) is 13.1 Å². The summed E-state index contributed by atoms with van der Waals surface area (Å²) in [7, 11) is 0. The van der Waals surface area contributed by atoms with Crippen LogP contribution in [0.25, 0.3) is 20.9 Å². The third-order valence-corrected chi connectivity index (χ3v) is 1.85. The van der Waals surface area contributed by atoms with E-state index >= 15 is 0 Å². The van der Waals surface area contributed by atoms with Crippen molar-refractivity contribution in [2.24, 2.45) is 10.2 Å². The van der Waals surface area contributed by atoms with Crippen LogP contribution in [0.3, 0.4) is 0 Å². The molecule has 0 rings (SSSR count). The van der Waals surface area contributed by atoms with Crippen LogP contribution in [0.4, 0.5) is 0 Å². The molecule has 0 aromatic heterocycles. The zero-order chi connectivity index (χ0) is 12.5. The van der Waals surface area contributed by atoms with Crippen molar-refractivity contribution < 1.29 is 0 Å². The maximum atomic E-state index is 7.82. The van der Waals surface area contributed by atoms with Crippen LogP contribution in [-0.2, 0) is 0 Å². The molecule has 0 aromatic rings. The fourth-order valence-corrected chi connectivity index (χ4v) is 0.954. The molecular formula is C10H22N6. The summed E-state index contributed by atoms with van der Waals surface area (Å²) in [6.45, 7) is 5.56. The molecule has 0 aromatic carbocycles. The van der Waals surface area contributed by atoms with Gasteiger partial charge < -0.3 is 0 Å². The second-order valence-electron chi connectivity index (χ2n) is 3.32. The minimum atomic E-state index is 0.657. The Morgan fingerprint density at radius 3 is 1.38 bits per heavy atom. The van der Waals surface area contributed by atoms with Crippen LogP contribution in [0.5, 0.6) is 0 Å². The Balaban J connectivity index is 0. The molecule has 16 heavy (non-hydrogen) atoms. The van der Waals surface area contributed by atoms with Crippen molar-refractivity contribution in [1.82, 2.24) is 0 Å². The van der Waals surface area contributed by atoms with Crippen molar-refractivity contribution in [1.29, 1.82) is 0 Å². The molecule has 0 saturated heterocycles. The van der Waals surface area contributed by atoms with E-state index in [1.165, 1.54) is 25.7 Å². The molecule has 6 heteroatoms. The fourth-order valence-electron chi connectivity index (χ4n) is 0.954. The molecular weight excluding hydrogens is 204 g/mol. The summed E-state index contributed by atoms with van der Waals surface area (Å²) in [5.41, 5.74) is 15.6. The van der Waals surface area contributed by atoms with Crippen molar-refractivity contribution in [3.05, 3.63) is 20.9 Å². The molecule has 0 aliphatic heterocycles. The highest BCUT2D eigenvalue weighted by Crippen LogP contribution is 1.93. The third-order valence-electron chi connectivity index (χ3n) is 1.85. The zero-order valence-corrected chi connectivity index (χ0v) is 10.3. The van der Waals surface area contributed by atoms with Crippen molar-refractivity contribution in [3.8, 4) is 0 Å². The molecule has 0 aliphatic carbocycles. The van der Waals surface area contributed by atoms with Crippen molar-refractivity contribution in [2.45, 2.75) is 52.4 Å². The lowest BCUT2D eigenvalue weighted by molar-refractivity contribution is 0.725. The van der Waals surface area contributed by atoms with Gasteiger partial charge in [0.05, 0.1) is 0 Å². The Morgan fingerprint density at radius 2 is 1.12 bits per heavy atom. The van der Waals surface area contributed by atoms with Crippen molar-refractivity contribution >= 4 is 0 Å². The van der Waals surface area contributed by atoms with E-state index in [9.17, 15) is 0 Å². The summed E-state index contributed by atoms with van der Waals surface area (Å²) in [6, 6.07) is 0. The van der Waals surface area contributed by atoms with E-state index in [4.69, 9.17) is 11.1 Å². The average Bonchev–Trinajstić information content (AvgIpc) is 2.31. The molecule has 0 heterocycles. The van der Waals surface area contributed by atoms with Crippen LogP contribution in [0.1, 0.15) is 52.4 Å². The van der Waals surface area contributed by atoms with Crippen LogP contribution in [-0.4, -0.2) is 13.1 Å². The molecule has 0 N–H and O–H groups in total. The van der Waals surface area contributed by atoms with E-state index in [0.29, 0.717) is 13.1 Å². The molecule has 0 radical (unpaired) electrons. The quantitative estimate of drug-likeness (QED) is 0.241. The monoisotopic (exact) mass is 226 g/mol. The van der Waals surface area contributed by atoms with Crippen LogP contribution in [0.2, 0.25) is 0 Å². The molecule has 0 saturated carbocycles. The van der Waals surface area contributed by atoms with Gasteiger partial charge in [0.25, 0.3) is 0 Å². The van der Waals surface area contributed by atoms with E-state index in [0.717, 1.165) is 12.8 Å². The van der Waals surface area contributed by atoms with Gasteiger partial charge in [-0.05, 0) is 23.9 Å². The topological polar surface area (TPSA) is 97.5 Å². The number of rotatable bonds is 8. The van der Waals surface area contributed by atoms with E-state index in [2.05, 4.69) is 33.9 Å². The van der Waals surface area contributed by atoms with Gasteiger partial charge in [-0.1, -0.05) is 49.8 Å². The number of hydrogen-bond acceptors (Lipinski definition) is 2. The van der Waals surface area contributed by atoms with Gasteiger partial charge in [0.15, 0.2) is 0 Å². The van der Waals surface area contributed by atoms with Crippen LogP contribution < -0.4 is 0 Å². The third kappa shape index (κ3) is 22.9. The van der Waals surface area contributed by atoms with Crippen LogP contribution in [0.15, 0.2) is 10.2 Å². The number of hydrogen-bond donors (Lipinski definition) is 0. The molecule has 0 unspecified atom stereocenters. The first-order valence-electron chi connectivity index (χ1n) is 5.85. The Bertz CT molecular complexity index is 191. The fraction of sp³-hybridized carbons (Fsp3) is 1.00. The van der Waals surface area contributed by atoms with Gasteiger partial charge in [-0.2, -0.15) is 0 Å². The van der Waals surface area contributed by atoms with Crippen LogP contribution in [0, 0.1) is 0 Å². The summed E-state index contributed by atoms with van der Waals surface area (Å²) < 4.78 is 0. The van der Waals surface area contributed by atoms with Gasteiger partial charge in [0.2, 0.25) is 0 Å². The number of azide groups is 2. The highest BCUT2D eigenvalue weighted by Gasteiger charge is 1.80. The maximum absolute atomic E-state index is 7.82. The summed E-state index contributed by atoms with van der Waals surface area (Å²) in [6.07, 6.45) is 6.75. The highest BCUT2D eigenvalue weighted by atomic mass is 15.1. The van der Waals surface area contributed by atoms with Crippen molar-refractivity contribution in [3.63, 3.8) is 0 Å². The Kier molecular flexibility index (Phi) is 20.5. The summed E-state index contributed by atoms with van der Waals surface area (Å²) in [5.74, 6) is 0. The molecule has 0 fully saturated rings. The average molecular weight is 226 g/mol. The summed E-state index contributed by atoms with van der Waals surface area (Å²) >= 11 is 0. The molecule has 0 spiro atoms. The highest BCUT2D eigenvalue weighted by molar-refractivity contribution is 4.46. The largest absolute Gasteiger partial charge is 0.0940 e. The van der Waals surface area contributed by atoms with Gasteiger partial charge in [0, 0.05) is 22.9 Å². The first-order valence-corrected chi connectivity index (χ1v) is 5.85. The van der Waals surface area contributed by atoms with Gasteiger partial charge in [-0.25, -0.2) is 0 Å². The molecule has 0 aliphatic rings. The lowest BCUT2D eigenvalue weighted by atomic mass is 10.3. The maximum Gasteiger partial charge on any atom is 0.0257 e. The molecule has 0 amide bonds. The van der Waals surface area contributed by atoms with E-state index in [1.54, 1.807) is 0 Å². The van der Waals surface area contributed by atoms with Gasteiger partial charge in [-0.15, -0.1) is 0 Å². The molecule has 0 atom stereocenters. The predicted molar refractivity (Wildman–Crippen MR) is 67.1 cm³/mol. The summed E-state index contributed by atoms with van der Waals surface area (Å²) in [4.78, 5) is 5.26. The van der Waals surface area contributed by atoms with Gasteiger partial charge in [0.1, 0.15) is 0 Å². The minimum Gasteiger partial charge on any atom is -0.0940 e. The van der Waals surface area contributed by atoms with E-state index in [-0.39, 0.29) is 0 Å². The standard InChI is InChI=1S/2C5H11N3/c2*1-2-3-4-5-7-8-6/h2*2-5H2,1H3. The first kappa shape index (κ1) is 17.0. The SMILES string of the molecule is CCCCCN=[N+]=[N-].CCCCCN=[N+]=[N-]. The Labute approximate surface area is 97.3 Å². The minimum absolute atomic E-state index is 0.657. The van der Waals surface area contributed by atoms with Gasteiger partial charge in [-0.3, -0.25) is 0 Å². The van der Waals surface area contributed by atoms with Crippen LogP contribution >= 0.6 is 0 Å². The summed E-state index contributed by atoms with van der Waals surface area (Å²) in [5, 5.41) is 6.78. The number of nitrogens with zero attached hydrogens (tertiary/aromatic N) is 6. The Morgan fingerprint density at radius 1 is 0.750 bits per heavy atom. The molecule has 0 bridgehead atoms. The van der Waals surface area contributed by atoms with Gasteiger partial charge >= 0.3 is 0 Å². The molecule has 6 nitrogen and oxygen atoms in total. The van der Waals surface area contributed by atoms with E-state index in [1.807, 2.05) is 0 Å². The Hall–Kier alpha value is -1.38. The zero-order valence-electron chi connectivity index (χ0n) is 10.3.